The highest BCUT2D eigenvalue weighted by Gasteiger charge is 2.18. The molecule has 0 bridgehead atoms. The number of nitrogens with one attached hydrogen (secondary N) is 1. The van der Waals surface area contributed by atoms with Crippen molar-refractivity contribution in [1.29, 1.82) is 0 Å². The van der Waals surface area contributed by atoms with Crippen LogP contribution >= 0.6 is 11.6 Å². The first-order valence-corrected chi connectivity index (χ1v) is 6.03. The number of benzene rings is 1. The van der Waals surface area contributed by atoms with Crippen molar-refractivity contribution in [3.63, 3.8) is 0 Å². The summed E-state index contributed by atoms with van der Waals surface area (Å²) in [5.74, 6) is 0. The maximum atomic E-state index is 9.89. The zero-order chi connectivity index (χ0) is 12.2. The fourth-order valence-corrected chi connectivity index (χ4v) is 1.59. The molecule has 0 heterocycles. The van der Waals surface area contributed by atoms with Crippen LogP contribution in [0.3, 0.4) is 0 Å². The molecule has 0 fully saturated rings. The fraction of sp³-hybridized carbons (Fsp3) is 0.538. The first-order chi connectivity index (χ1) is 7.44. The zero-order valence-corrected chi connectivity index (χ0v) is 10.9. The minimum absolute atomic E-state index is 0.191. The summed E-state index contributed by atoms with van der Waals surface area (Å²) >= 11 is 5.93. The second kappa shape index (κ2) is 5.67. The van der Waals surface area contributed by atoms with Gasteiger partial charge in [-0.3, -0.25) is 0 Å². The van der Waals surface area contributed by atoms with Crippen LogP contribution in [0.5, 0.6) is 0 Å². The maximum absolute atomic E-state index is 9.89. The molecule has 0 saturated carbocycles. The quantitative estimate of drug-likeness (QED) is 0.830. The first kappa shape index (κ1) is 13.5. The van der Waals surface area contributed by atoms with Crippen LogP contribution in [-0.4, -0.2) is 17.3 Å². The van der Waals surface area contributed by atoms with Gasteiger partial charge in [-0.05, 0) is 38.0 Å². The van der Waals surface area contributed by atoms with Gasteiger partial charge in [0.25, 0.3) is 0 Å². The molecule has 16 heavy (non-hydrogen) atoms. The monoisotopic (exact) mass is 241 g/mol. The van der Waals surface area contributed by atoms with Crippen molar-refractivity contribution in [3.05, 3.63) is 34.9 Å². The third-order valence-corrected chi connectivity index (χ3v) is 3.13. The molecule has 1 aromatic carbocycles. The van der Waals surface area contributed by atoms with E-state index in [0.29, 0.717) is 6.54 Å². The SMILES string of the molecule is CCC(C)(O)CNC(C)c1cccc(Cl)c1. The Morgan fingerprint density at radius 3 is 2.75 bits per heavy atom. The standard InChI is InChI=1S/C13H20ClNO/c1-4-13(3,16)9-15-10(2)11-6-5-7-12(14)8-11/h5-8,10,15-16H,4,9H2,1-3H3. The lowest BCUT2D eigenvalue weighted by molar-refractivity contribution is 0.0533. The average molecular weight is 242 g/mol. The number of rotatable bonds is 5. The minimum Gasteiger partial charge on any atom is -0.389 e. The summed E-state index contributed by atoms with van der Waals surface area (Å²) in [7, 11) is 0. The number of aliphatic hydroxyl groups is 1. The molecule has 90 valence electrons. The van der Waals surface area contributed by atoms with E-state index < -0.39 is 5.60 Å². The molecule has 2 nitrogen and oxygen atoms in total. The Morgan fingerprint density at radius 2 is 2.19 bits per heavy atom. The van der Waals surface area contributed by atoms with E-state index in [1.54, 1.807) is 0 Å². The van der Waals surface area contributed by atoms with Crippen LogP contribution in [0.4, 0.5) is 0 Å². The van der Waals surface area contributed by atoms with Crippen LogP contribution in [0.1, 0.15) is 38.8 Å². The summed E-state index contributed by atoms with van der Waals surface area (Å²) < 4.78 is 0. The lowest BCUT2D eigenvalue weighted by Gasteiger charge is -2.24. The van der Waals surface area contributed by atoms with Crippen LogP contribution < -0.4 is 5.32 Å². The van der Waals surface area contributed by atoms with Gasteiger partial charge in [0.1, 0.15) is 0 Å². The van der Waals surface area contributed by atoms with Crippen molar-refractivity contribution in [1.82, 2.24) is 5.32 Å². The van der Waals surface area contributed by atoms with Gasteiger partial charge in [-0.15, -0.1) is 0 Å². The van der Waals surface area contributed by atoms with Crippen molar-refractivity contribution in [2.24, 2.45) is 0 Å². The fourth-order valence-electron chi connectivity index (χ4n) is 1.39. The predicted octanol–water partition coefficient (Wildman–Crippen LogP) is 3.15. The van der Waals surface area contributed by atoms with Gasteiger partial charge in [0.05, 0.1) is 5.60 Å². The summed E-state index contributed by atoms with van der Waals surface area (Å²) in [4.78, 5) is 0. The van der Waals surface area contributed by atoms with Crippen LogP contribution in [0.2, 0.25) is 5.02 Å². The number of halogens is 1. The van der Waals surface area contributed by atoms with Crippen molar-refractivity contribution in [3.8, 4) is 0 Å². The molecule has 0 aliphatic rings. The lowest BCUT2D eigenvalue weighted by Crippen LogP contribution is -2.38. The summed E-state index contributed by atoms with van der Waals surface area (Å²) in [5.41, 5.74) is 0.492. The summed E-state index contributed by atoms with van der Waals surface area (Å²) in [6.07, 6.45) is 0.738. The molecule has 3 heteroatoms. The van der Waals surface area contributed by atoms with Gasteiger partial charge in [0.2, 0.25) is 0 Å². The molecular formula is C13H20ClNO. The van der Waals surface area contributed by atoms with Crippen LogP contribution in [0.15, 0.2) is 24.3 Å². The van der Waals surface area contributed by atoms with E-state index in [9.17, 15) is 5.11 Å². The van der Waals surface area contributed by atoms with E-state index >= 15 is 0 Å². The van der Waals surface area contributed by atoms with Crippen molar-refractivity contribution in [2.45, 2.75) is 38.8 Å². The summed E-state index contributed by atoms with van der Waals surface area (Å²) in [5, 5.41) is 13.9. The third-order valence-electron chi connectivity index (χ3n) is 2.90. The average Bonchev–Trinajstić information content (AvgIpc) is 2.26. The van der Waals surface area contributed by atoms with Gasteiger partial charge in [-0.25, -0.2) is 0 Å². The number of hydrogen-bond donors (Lipinski definition) is 2. The van der Waals surface area contributed by atoms with E-state index in [1.165, 1.54) is 0 Å². The highest BCUT2D eigenvalue weighted by Crippen LogP contribution is 2.18. The Morgan fingerprint density at radius 1 is 1.50 bits per heavy atom. The van der Waals surface area contributed by atoms with E-state index in [2.05, 4.69) is 12.2 Å². The molecule has 0 aliphatic carbocycles. The van der Waals surface area contributed by atoms with Crippen molar-refractivity contribution >= 4 is 11.6 Å². The largest absolute Gasteiger partial charge is 0.389 e. The molecule has 0 spiro atoms. The molecule has 0 amide bonds. The Hall–Kier alpha value is -0.570. The van der Waals surface area contributed by atoms with Gasteiger partial charge in [0.15, 0.2) is 0 Å². The van der Waals surface area contributed by atoms with Crippen LogP contribution in [-0.2, 0) is 0 Å². The second-order valence-electron chi connectivity index (χ2n) is 4.51. The molecule has 2 atom stereocenters. The molecule has 2 N–H and O–H groups in total. The van der Waals surface area contributed by atoms with E-state index in [4.69, 9.17) is 11.6 Å². The minimum atomic E-state index is -0.646. The highest BCUT2D eigenvalue weighted by atomic mass is 35.5. The highest BCUT2D eigenvalue weighted by molar-refractivity contribution is 6.30. The van der Waals surface area contributed by atoms with Crippen LogP contribution in [0, 0.1) is 0 Å². The van der Waals surface area contributed by atoms with Gasteiger partial charge < -0.3 is 10.4 Å². The van der Waals surface area contributed by atoms with E-state index in [0.717, 1.165) is 17.0 Å². The molecular weight excluding hydrogens is 222 g/mol. The Kier molecular flexibility index (Phi) is 4.78. The second-order valence-corrected chi connectivity index (χ2v) is 4.94. The lowest BCUT2D eigenvalue weighted by atomic mass is 10.0. The smallest absolute Gasteiger partial charge is 0.0741 e. The van der Waals surface area contributed by atoms with Gasteiger partial charge in [0, 0.05) is 17.6 Å². The maximum Gasteiger partial charge on any atom is 0.0741 e. The van der Waals surface area contributed by atoms with E-state index in [-0.39, 0.29) is 6.04 Å². The molecule has 1 rings (SSSR count). The molecule has 0 saturated heterocycles. The summed E-state index contributed by atoms with van der Waals surface area (Å²) in [6.45, 7) is 6.46. The normalized spacial score (nSPS) is 16.8. The van der Waals surface area contributed by atoms with Crippen LogP contribution in [0.25, 0.3) is 0 Å². The molecule has 2 unspecified atom stereocenters. The van der Waals surface area contributed by atoms with E-state index in [1.807, 2.05) is 38.1 Å². The Labute approximate surface area is 103 Å². The van der Waals surface area contributed by atoms with Gasteiger partial charge in [-0.2, -0.15) is 0 Å². The third kappa shape index (κ3) is 4.12. The Bertz CT molecular complexity index is 338. The summed E-state index contributed by atoms with van der Waals surface area (Å²) in [6, 6.07) is 7.97. The molecule has 1 aromatic rings. The Balaban J connectivity index is 2.56. The zero-order valence-electron chi connectivity index (χ0n) is 10.1. The predicted molar refractivity (Wildman–Crippen MR) is 68.8 cm³/mol. The van der Waals surface area contributed by atoms with Gasteiger partial charge >= 0.3 is 0 Å². The molecule has 0 aliphatic heterocycles. The number of hydrogen-bond acceptors (Lipinski definition) is 2. The van der Waals surface area contributed by atoms with Crippen molar-refractivity contribution in [2.75, 3.05) is 6.54 Å². The topological polar surface area (TPSA) is 32.3 Å². The van der Waals surface area contributed by atoms with Crippen molar-refractivity contribution < 1.29 is 5.11 Å². The molecule has 0 radical (unpaired) electrons. The molecule has 0 aromatic heterocycles. The van der Waals surface area contributed by atoms with Gasteiger partial charge in [-0.1, -0.05) is 30.7 Å². The first-order valence-electron chi connectivity index (χ1n) is 5.66.